The molecular formula is C17H14ClN3O4S. The van der Waals surface area contributed by atoms with Crippen LogP contribution in [-0.4, -0.2) is 31.0 Å². The Morgan fingerprint density at radius 2 is 1.92 bits per heavy atom. The molecule has 1 N–H and O–H groups in total. The van der Waals surface area contributed by atoms with Gasteiger partial charge in [-0.25, -0.2) is 27.9 Å². The summed E-state index contributed by atoms with van der Waals surface area (Å²) in [6.07, 6.45) is 1.14. The predicted molar refractivity (Wildman–Crippen MR) is 97.8 cm³/mol. The maximum absolute atomic E-state index is 12.6. The number of ether oxygens (including phenoxy) is 1. The van der Waals surface area contributed by atoms with Crippen molar-refractivity contribution in [2.24, 2.45) is 0 Å². The van der Waals surface area contributed by atoms with Crippen LogP contribution in [0.1, 0.15) is 17.4 Å². The average molecular weight is 392 g/mol. The van der Waals surface area contributed by atoms with Crippen LogP contribution in [0.2, 0.25) is 5.02 Å². The lowest BCUT2D eigenvalue weighted by molar-refractivity contribution is 0.0519. The first-order chi connectivity index (χ1) is 12.4. The molecule has 0 aliphatic rings. The molecule has 9 heteroatoms. The van der Waals surface area contributed by atoms with Crippen molar-refractivity contribution in [1.29, 1.82) is 0 Å². The van der Waals surface area contributed by atoms with Crippen molar-refractivity contribution in [2.75, 3.05) is 11.3 Å². The molecule has 0 amide bonds. The van der Waals surface area contributed by atoms with Crippen LogP contribution in [0, 0.1) is 0 Å². The molecule has 3 rings (SSSR count). The van der Waals surface area contributed by atoms with Gasteiger partial charge in [-0.3, -0.25) is 0 Å². The summed E-state index contributed by atoms with van der Waals surface area (Å²) < 4.78 is 32.3. The van der Waals surface area contributed by atoms with Crippen LogP contribution in [0.3, 0.4) is 0 Å². The number of hydrogen-bond donors (Lipinski definition) is 1. The minimum absolute atomic E-state index is 0.0305. The molecule has 0 unspecified atom stereocenters. The van der Waals surface area contributed by atoms with Gasteiger partial charge in [0, 0.05) is 0 Å². The lowest BCUT2D eigenvalue weighted by Gasteiger charge is -2.09. The summed E-state index contributed by atoms with van der Waals surface area (Å²) in [5.74, 6) is -1.03. The molecule has 7 nitrogen and oxygen atoms in total. The normalized spacial score (nSPS) is 11.3. The molecule has 0 bridgehead atoms. The summed E-state index contributed by atoms with van der Waals surface area (Å²) in [5.41, 5.74) is -0.209. The molecular weight excluding hydrogens is 378 g/mol. The number of sulfonamides is 1. The third-order valence-electron chi connectivity index (χ3n) is 3.47. The quantitative estimate of drug-likeness (QED) is 0.670. The SMILES string of the molecule is CCOC(=O)c1nc(NS(=O)(=O)c2ccc3ccccc3c2)ncc1Cl. The van der Waals surface area contributed by atoms with Gasteiger partial charge < -0.3 is 4.74 Å². The van der Waals surface area contributed by atoms with Crippen LogP contribution >= 0.6 is 11.6 Å². The van der Waals surface area contributed by atoms with E-state index in [2.05, 4.69) is 14.7 Å². The molecule has 0 atom stereocenters. The fraction of sp³-hybridized carbons (Fsp3) is 0.118. The molecule has 0 spiro atoms. The van der Waals surface area contributed by atoms with Crippen molar-refractivity contribution in [3.05, 3.63) is 59.4 Å². The molecule has 0 aliphatic carbocycles. The Bertz CT molecular complexity index is 1090. The molecule has 0 saturated carbocycles. The first-order valence-corrected chi connectivity index (χ1v) is 9.48. The van der Waals surface area contributed by atoms with Gasteiger partial charge in [0.25, 0.3) is 10.0 Å². The summed E-state index contributed by atoms with van der Waals surface area (Å²) in [5, 5.41) is 1.66. The Morgan fingerprint density at radius 3 is 2.65 bits per heavy atom. The maximum atomic E-state index is 12.6. The highest BCUT2D eigenvalue weighted by atomic mass is 35.5. The number of aromatic nitrogens is 2. The fourth-order valence-corrected chi connectivity index (χ4v) is 3.43. The van der Waals surface area contributed by atoms with Gasteiger partial charge in [-0.2, -0.15) is 0 Å². The maximum Gasteiger partial charge on any atom is 0.358 e. The number of hydrogen-bond acceptors (Lipinski definition) is 6. The minimum atomic E-state index is -3.94. The summed E-state index contributed by atoms with van der Waals surface area (Å²) >= 11 is 5.88. The summed E-state index contributed by atoms with van der Waals surface area (Å²) in [6, 6.07) is 12.1. The van der Waals surface area contributed by atoms with E-state index in [1.54, 1.807) is 19.1 Å². The van der Waals surface area contributed by atoms with Gasteiger partial charge >= 0.3 is 5.97 Å². The molecule has 0 saturated heterocycles. The highest BCUT2D eigenvalue weighted by Gasteiger charge is 2.20. The number of fused-ring (bicyclic) bond motifs is 1. The second kappa shape index (κ2) is 7.27. The average Bonchev–Trinajstić information content (AvgIpc) is 2.63. The number of anilines is 1. The molecule has 0 fully saturated rings. The van der Waals surface area contributed by atoms with Gasteiger partial charge in [-0.05, 0) is 29.8 Å². The number of nitrogens with one attached hydrogen (secondary N) is 1. The number of rotatable bonds is 5. The molecule has 0 radical (unpaired) electrons. The number of carbonyl (C=O) groups excluding carboxylic acids is 1. The van der Waals surface area contributed by atoms with E-state index in [1.165, 1.54) is 6.07 Å². The standard InChI is InChI=1S/C17H14ClN3O4S/c1-2-25-16(22)15-14(18)10-19-17(20-15)21-26(23,24)13-8-7-11-5-3-4-6-12(11)9-13/h3-10H,2H2,1H3,(H,19,20,21). The van der Waals surface area contributed by atoms with E-state index < -0.39 is 16.0 Å². The van der Waals surface area contributed by atoms with Gasteiger partial charge in [0.15, 0.2) is 5.69 Å². The van der Waals surface area contributed by atoms with Gasteiger partial charge in [-0.15, -0.1) is 0 Å². The third kappa shape index (κ3) is 3.76. The van der Waals surface area contributed by atoms with E-state index in [4.69, 9.17) is 16.3 Å². The molecule has 1 heterocycles. The Balaban J connectivity index is 1.93. The largest absolute Gasteiger partial charge is 0.461 e. The van der Waals surface area contributed by atoms with Gasteiger partial charge in [0.2, 0.25) is 5.95 Å². The number of nitrogens with zero attached hydrogens (tertiary/aromatic N) is 2. The number of benzene rings is 2. The van der Waals surface area contributed by atoms with E-state index in [-0.39, 0.29) is 28.2 Å². The Hall–Kier alpha value is -2.71. The molecule has 1 aromatic heterocycles. The first kappa shape index (κ1) is 18.1. The van der Waals surface area contributed by atoms with Crippen molar-refractivity contribution in [2.45, 2.75) is 11.8 Å². The molecule has 2 aromatic carbocycles. The van der Waals surface area contributed by atoms with Crippen molar-refractivity contribution >= 4 is 44.3 Å². The van der Waals surface area contributed by atoms with Crippen molar-refractivity contribution < 1.29 is 17.9 Å². The van der Waals surface area contributed by atoms with Crippen LogP contribution < -0.4 is 4.72 Å². The molecule has 26 heavy (non-hydrogen) atoms. The lowest BCUT2D eigenvalue weighted by atomic mass is 10.1. The van der Waals surface area contributed by atoms with E-state index in [1.807, 2.05) is 24.3 Å². The Labute approximate surface area is 155 Å². The lowest BCUT2D eigenvalue weighted by Crippen LogP contribution is -2.17. The zero-order chi connectivity index (χ0) is 18.7. The van der Waals surface area contributed by atoms with Crippen LogP contribution in [0.15, 0.2) is 53.6 Å². The summed E-state index contributed by atoms with van der Waals surface area (Å²) in [4.78, 5) is 19.5. The highest BCUT2D eigenvalue weighted by molar-refractivity contribution is 7.92. The minimum Gasteiger partial charge on any atom is -0.461 e. The van der Waals surface area contributed by atoms with Gasteiger partial charge in [-0.1, -0.05) is 41.9 Å². The monoisotopic (exact) mass is 391 g/mol. The highest BCUT2D eigenvalue weighted by Crippen LogP contribution is 2.21. The summed E-state index contributed by atoms with van der Waals surface area (Å²) in [7, 11) is -3.94. The van der Waals surface area contributed by atoms with Crippen LogP contribution in [0.5, 0.6) is 0 Å². The van der Waals surface area contributed by atoms with E-state index in [9.17, 15) is 13.2 Å². The smallest absolute Gasteiger partial charge is 0.358 e. The first-order valence-electron chi connectivity index (χ1n) is 7.62. The van der Waals surface area contributed by atoms with E-state index in [0.717, 1.165) is 17.0 Å². The van der Waals surface area contributed by atoms with Crippen LogP contribution in [0.25, 0.3) is 10.8 Å². The number of carbonyl (C=O) groups is 1. The molecule has 3 aromatic rings. The summed E-state index contributed by atoms with van der Waals surface area (Å²) in [6.45, 7) is 1.77. The zero-order valence-corrected chi connectivity index (χ0v) is 15.2. The third-order valence-corrected chi connectivity index (χ3v) is 5.07. The van der Waals surface area contributed by atoms with E-state index in [0.29, 0.717) is 0 Å². The van der Waals surface area contributed by atoms with Crippen LogP contribution in [-0.2, 0) is 14.8 Å². The second-order valence-corrected chi connectivity index (χ2v) is 7.31. The predicted octanol–water partition coefficient (Wildman–Crippen LogP) is 3.26. The number of halogens is 1. The molecule has 0 aliphatic heterocycles. The fourth-order valence-electron chi connectivity index (χ4n) is 2.27. The van der Waals surface area contributed by atoms with E-state index >= 15 is 0 Å². The van der Waals surface area contributed by atoms with Gasteiger partial charge in [0.05, 0.1) is 22.7 Å². The van der Waals surface area contributed by atoms with Crippen LogP contribution in [0.4, 0.5) is 5.95 Å². The van der Waals surface area contributed by atoms with Gasteiger partial charge in [0.1, 0.15) is 0 Å². The Kier molecular flexibility index (Phi) is 5.06. The number of esters is 1. The van der Waals surface area contributed by atoms with Crippen molar-refractivity contribution in [3.63, 3.8) is 0 Å². The topological polar surface area (TPSA) is 98.2 Å². The Morgan fingerprint density at radius 1 is 1.19 bits per heavy atom. The zero-order valence-electron chi connectivity index (χ0n) is 13.6. The van der Waals surface area contributed by atoms with Crippen molar-refractivity contribution in [3.8, 4) is 0 Å². The molecule has 134 valence electrons. The second-order valence-electron chi connectivity index (χ2n) is 5.23. The van der Waals surface area contributed by atoms with Crippen molar-refractivity contribution in [1.82, 2.24) is 9.97 Å².